The first-order chi connectivity index (χ1) is 8.65. The maximum Gasteiger partial charge on any atom is 0.0110 e. The second-order valence-corrected chi connectivity index (χ2v) is 6.78. The molecule has 0 aromatic rings. The van der Waals surface area contributed by atoms with Crippen LogP contribution in [0.1, 0.15) is 39.5 Å². The molecule has 106 valence electrons. The SMILES string of the molecule is CCCC(C)(CN)CN1CCN(CC2CC2)CC1. The summed E-state index contributed by atoms with van der Waals surface area (Å²) in [6, 6.07) is 0. The lowest BCUT2D eigenvalue weighted by Gasteiger charge is -2.40. The van der Waals surface area contributed by atoms with Crippen LogP contribution in [0.3, 0.4) is 0 Å². The second-order valence-electron chi connectivity index (χ2n) is 6.78. The summed E-state index contributed by atoms with van der Waals surface area (Å²) in [6.45, 7) is 13.0. The summed E-state index contributed by atoms with van der Waals surface area (Å²) in [7, 11) is 0. The van der Waals surface area contributed by atoms with Gasteiger partial charge in [0.25, 0.3) is 0 Å². The molecule has 2 fully saturated rings. The molecule has 0 aromatic carbocycles. The highest BCUT2D eigenvalue weighted by Gasteiger charge is 2.29. The monoisotopic (exact) mass is 253 g/mol. The number of rotatable bonds is 7. The fourth-order valence-electron chi connectivity index (χ4n) is 3.18. The molecule has 1 saturated carbocycles. The molecule has 0 aromatic heterocycles. The van der Waals surface area contributed by atoms with Crippen molar-refractivity contribution >= 4 is 0 Å². The Hall–Kier alpha value is -0.120. The third-order valence-electron chi connectivity index (χ3n) is 4.63. The number of hydrogen-bond acceptors (Lipinski definition) is 3. The van der Waals surface area contributed by atoms with Gasteiger partial charge in [0, 0.05) is 39.3 Å². The molecule has 3 nitrogen and oxygen atoms in total. The van der Waals surface area contributed by atoms with E-state index in [1.807, 2.05) is 0 Å². The lowest BCUT2D eigenvalue weighted by atomic mass is 9.85. The first-order valence-corrected chi connectivity index (χ1v) is 7.80. The molecule has 3 heteroatoms. The zero-order chi connectivity index (χ0) is 13.0. The molecule has 0 amide bonds. The summed E-state index contributed by atoms with van der Waals surface area (Å²) in [5.74, 6) is 1.03. The van der Waals surface area contributed by atoms with Gasteiger partial charge in [-0.05, 0) is 37.1 Å². The maximum absolute atomic E-state index is 5.97. The standard InChI is InChI=1S/C15H31N3/c1-3-6-15(2,12-16)13-18-9-7-17(8-10-18)11-14-4-5-14/h14H,3-13,16H2,1-2H3. The van der Waals surface area contributed by atoms with Crippen molar-refractivity contribution in [2.45, 2.75) is 39.5 Å². The van der Waals surface area contributed by atoms with E-state index in [0.29, 0.717) is 5.41 Å². The highest BCUT2D eigenvalue weighted by molar-refractivity contribution is 4.84. The number of nitrogens with zero attached hydrogens (tertiary/aromatic N) is 2. The molecule has 2 N–H and O–H groups in total. The zero-order valence-corrected chi connectivity index (χ0v) is 12.3. The van der Waals surface area contributed by atoms with Crippen molar-refractivity contribution in [3.05, 3.63) is 0 Å². The highest BCUT2D eigenvalue weighted by atomic mass is 15.3. The van der Waals surface area contributed by atoms with Gasteiger partial charge in [0.15, 0.2) is 0 Å². The first-order valence-electron chi connectivity index (χ1n) is 7.80. The largest absolute Gasteiger partial charge is 0.330 e. The van der Waals surface area contributed by atoms with Gasteiger partial charge in [0.2, 0.25) is 0 Å². The average Bonchev–Trinajstić information content (AvgIpc) is 3.16. The molecular weight excluding hydrogens is 222 g/mol. The van der Waals surface area contributed by atoms with Crippen molar-refractivity contribution in [1.82, 2.24) is 9.80 Å². The number of nitrogens with two attached hydrogens (primary N) is 1. The van der Waals surface area contributed by atoms with Gasteiger partial charge >= 0.3 is 0 Å². The Balaban J connectivity index is 1.71. The molecule has 0 bridgehead atoms. The van der Waals surface area contributed by atoms with Gasteiger partial charge in [-0.3, -0.25) is 0 Å². The minimum absolute atomic E-state index is 0.327. The Morgan fingerprint density at radius 3 is 2.22 bits per heavy atom. The third kappa shape index (κ3) is 4.22. The van der Waals surface area contributed by atoms with E-state index < -0.39 is 0 Å². The molecule has 18 heavy (non-hydrogen) atoms. The van der Waals surface area contributed by atoms with Gasteiger partial charge in [-0.2, -0.15) is 0 Å². The molecule has 1 heterocycles. The molecule has 1 unspecified atom stereocenters. The van der Waals surface area contributed by atoms with Gasteiger partial charge in [-0.1, -0.05) is 20.3 Å². The number of hydrogen-bond donors (Lipinski definition) is 1. The van der Waals surface area contributed by atoms with Crippen LogP contribution in [0.4, 0.5) is 0 Å². The zero-order valence-electron chi connectivity index (χ0n) is 12.3. The fourth-order valence-corrected chi connectivity index (χ4v) is 3.18. The predicted octanol–water partition coefficient (Wildman–Crippen LogP) is 1.78. The summed E-state index contributed by atoms with van der Waals surface area (Å²) in [4.78, 5) is 5.29. The summed E-state index contributed by atoms with van der Waals surface area (Å²) >= 11 is 0. The van der Waals surface area contributed by atoms with Gasteiger partial charge < -0.3 is 15.5 Å². The lowest BCUT2D eigenvalue weighted by molar-refractivity contribution is 0.0872. The average molecular weight is 253 g/mol. The van der Waals surface area contributed by atoms with Crippen LogP contribution in [0.2, 0.25) is 0 Å². The first kappa shape index (κ1) is 14.3. The van der Waals surface area contributed by atoms with Crippen molar-refractivity contribution in [2.24, 2.45) is 17.1 Å². The van der Waals surface area contributed by atoms with E-state index in [1.165, 1.54) is 65.0 Å². The summed E-state index contributed by atoms with van der Waals surface area (Å²) in [6.07, 6.45) is 5.45. The van der Waals surface area contributed by atoms with E-state index in [-0.39, 0.29) is 0 Å². The van der Waals surface area contributed by atoms with Gasteiger partial charge in [0.05, 0.1) is 0 Å². The van der Waals surface area contributed by atoms with E-state index in [1.54, 1.807) is 0 Å². The minimum atomic E-state index is 0.327. The molecule has 0 radical (unpaired) electrons. The Bertz CT molecular complexity index is 244. The molecule has 1 atom stereocenters. The van der Waals surface area contributed by atoms with Crippen molar-refractivity contribution in [3.63, 3.8) is 0 Å². The predicted molar refractivity (Wildman–Crippen MR) is 77.7 cm³/mol. The van der Waals surface area contributed by atoms with Crippen LogP contribution >= 0.6 is 0 Å². The molecule has 2 rings (SSSR count). The molecule has 1 saturated heterocycles. The van der Waals surface area contributed by atoms with Crippen LogP contribution in [0.25, 0.3) is 0 Å². The van der Waals surface area contributed by atoms with Crippen molar-refractivity contribution < 1.29 is 0 Å². The lowest BCUT2D eigenvalue weighted by Crippen LogP contribution is -2.51. The van der Waals surface area contributed by atoms with Gasteiger partial charge in [-0.15, -0.1) is 0 Å². The Morgan fingerprint density at radius 1 is 1.11 bits per heavy atom. The normalized spacial score (nSPS) is 26.2. The Morgan fingerprint density at radius 2 is 1.72 bits per heavy atom. The molecule has 1 aliphatic carbocycles. The third-order valence-corrected chi connectivity index (χ3v) is 4.63. The Labute approximate surface area is 113 Å². The van der Waals surface area contributed by atoms with Gasteiger partial charge in [-0.25, -0.2) is 0 Å². The molecule has 1 aliphatic heterocycles. The quantitative estimate of drug-likeness (QED) is 0.751. The summed E-state index contributed by atoms with van der Waals surface area (Å²) < 4.78 is 0. The topological polar surface area (TPSA) is 32.5 Å². The smallest absolute Gasteiger partial charge is 0.0110 e. The summed E-state index contributed by atoms with van der Waals surface area (Å²) in [5.41, 5.74) is 6.30. The van der Waals surface area contributed by atoms with Crippen LogP contribution in [0.15, 0.2) is 0 Å². The van der Waals surface area contributed by atoms with Crippen LogP contribution < -0.4 is 5.73 Å². The van der Waals surface area contributed by atoms with Crippen LogP contribution in [0, 0.1) is 11.3 Å². The molecule has 0 spiro atoms. The van der Waals surface area contributed by atoms with Crippen LogP contribution in [-0.4, -0.2) is 55.6 Å². The van der Waals surface area contributed by atoms with E-state index in [0.717, 1.165) is 12.5 Å². The number of piperazine rings is 1. The minimum Gasteiger partial charge on any atom is -0.330 e. The maximum atomic E-state index is 5.97. The van der Waals surface area contributed by atoms with E-state index in [9.17, 15) is 0 Å². The second kappa shape index (κ2) is 6.36. The van der Waals surface area contributed by atoms with E-state index in [4.69, 9.17) is 5.73 Å². The van der Waals surface area contributed by atoms with Crippen LogP contribution in [0.5, 0.6) is 0 Å². The molecule has 2 aliphatic rings. The molecular formula is C15H31N3. The van der Waals surface area contributed by atoms with Crippen molar-refractivity contribution in [1.29, 1.82) is 0 Å². The summed E-state index contributed by atoms with van der Waals surface area (Å²) in [5, 5.41) is 0. The Kier molecular flexibility index (Phi) is 5.05. The van der Waals surface area contributed by atoms with E-state index in [2.05, 4.69) is 23.6 Å². The van der Waals surface area contributed by atoms with Crippen LogP contribution in [-0.2, 0) is 0 Å². The van der Waals surface area contributed by atoms with Crippen molar-refractivity contribution in [3.8, 4) is 0 Å². The van der Waals surface area contributed by atoms with Crippen molar-refractivity contribution in [2.75, 3.05) is 45.8 Å². The van der Waals surface area contributed by atoms with Gasteiger partial charge in [0.1, 0.15) is 0 Å². The van der Waals surface area contributed by atoms with E-state index >= 15 is 0 Å². The fraction of sp³-hybridized carbons (Fsp3) is 1.00. The highest BCUT2D eigenvalue weighted by Crippen LogP contribution is 2.30.